The Bertz CT molecular complexity index is 478. The lowest BCUT2D eigenvalue weighted by atomic mass is 10.1. The minimum Gasteiger partial charge on any atom is -0.480 e. The lowest BCUT2D eigenvalue weighted by molar-refractivity contribution is -0.141. The van der Waals surface area contributed by atoms with Gasteiger partial charge in [0.05, 0.1) is 11.1 Å². The van der Waals surface area contributed by atoms with Gasteiger partial charge in [0.15, 0.2) is 6.04 Å². The molecule has 0 fully saturated rings. The fourth-order valence-electron chi connectivity index (χ4n) is 1.25. The largest absolute Gasteiger partial charge is 0.480 e. The normalized spacial score (nSPS) is 13.8. The number of carbonyl (C=O) groups excluding carboxylic acids is 1. The quantitative estimate of drug-likeness (QED) is 0.766. The Hall–Kier alpha value is -1.66. The summed E-state index contributed by atoms with van der Waals surface area (Å²) in [5.74, 6) is -2.97. The number of aliphatic hydroxyl groups excluding tert-OH is 1. The number of amides is 1. The van der Waals surface area contributed by atoms with Crippen LogP contribution in [0.3, 0.4) is 0 Å². The van der Waals surface area contributed by atoms with Crippen LogP contribution in [-0.4, -0.2) is 34.2 Å². The van der Waals surface area contributed by atoms with E-state index < -0.39 is 29.8 Å². The third-order valence-corrected chi connectivity index (χ3v) is 2.52. The summed E-state index contributed by atoms with van der Waals surface area (Å²) in [5.41, 5.74) is -0.0798. The van der Waals surface area contributed by atoms with E-state index in [9.17, 15) is 19.1 Å². The number of nitrogens with one attached hydrogen (secondary N) is 1. The minimum atomic E-state index is -1.46. The van der Waals surface area contributed by atoms with E-state index in [1.54, 1.807) is 0 Å². The highest BCUT2D eigenvalue weighted by molar-refractivity contribution is 6.30. The molecule has 5 nitrogen and oxygen atoms in total. The number of rotatable bonds is 4. The molecule has 2 unspecified atom stereocenters. The van der Waals surface area contributed by atoms with Crippen LogP contribution < -0.4 is 5.32 Å². The Morgan fingerprint density at radius 1 is 1.44 bits per heavy atom. The molecule has 7 heteroatoms. The number of aliphatic carboxylic acids is 1. The number of carboxylic acid groups (broad SMARTS) is 1. The monoisotopic (exact) mass is 275 g/mol. The van der Waals surface area contributed by atoms with E-state index >= 15 is 0 Å². The molecule has 0 bridgehead atoms. The molecule has 98 valence electrons. The highest BCUT2D eigenvalue weighted by atomic mass is 35.5. The van der Waals surface area contributed by atoms with Crippen molar-refractivity contribution < 1.29 is 24.2 Å². The van der Waals surface area contributed by atoms with Crippen molar-refractivity contribution in [1.29, 1.82) is 0 Å². The molecule has 0 saturated heterocycles. The van der Waals surface area contributed by atoms with Crippen molar-refractivity contribution in [1.82, 2.24) is 5.32 Å². The topological polar surface area (TPSA) is 86.6 Å². The van der Waals surface area contributed by atoms with Gasteiger partial charge in [-0.1, -0.05) is 11.6 Å². The first-order valence-corrected chi connectivity index (χ1v) is 5.37. The van der Waals surface area contributed by atoms with Crippen molar-refractivity contribution in [2.75, 3.05) is 0 Å². The van der Waals surface area contributed by atoms with Crippen LogP contribution >= 0.6 is 11.6 Å². The minimum absolute atomic E-state index is 0.0798. The molecular formula is C11H11ClFNO4. The summed E-state index contributed by atoms with van der Waals surface area (Å²) in [6, 6.07) is 1.86. The molecule has 0 aliphatic heterocycles. The van der Waals surface area contributed by atoms with E-state index in [2.05, 4.69) is 5.32 Å². The van der Waals surface area contributed by atoms with Crippen LogP contribution in [0.5, 0.6) is 0 Å². The average molecular weight is 276 g/mol. The Morgan fingerprint density at radius 3 is 2.50 bits per heavy atom. The standard InChI is InChI=1S/C11H11ClFNO4/c1-5(15)9(11(17)18)14-10(16)6-2-3-7(12)8(13)4-6/h2-5,9,15H,1H3,(H,14,16)(H,17,18). The number of carboxylic acids is 1. The highest BCUT2D eigenvalue weighted by Crippen LogP contribution is 2.15. The zero-order chi connectivity index (χ0) is 13.9. The maximum atomic E-state index is 13.1. The molecule has 18 heavy (non-hydrogen) atoms. The van der Waals surface area contributed by atoms with Crippen molar-refractivity contribution in [2.24, 2.45) is 0 Å². The van der Waals surface area contributed by atoms with Gasteiger partial charge in [-0.25, -0.2) is 9.18 Å². The second kappa shape index (κ2) is 5.79. The molecule has 0 heterocycles. The predicted octanol–water partition coefficient (Wildman–Crippen LogP) is 1.04. The zero-order valence-electron chi connectivity index (χ0n) is 9.35. The third kappa shape index (κ3) is 3.41. The molecular weight excluding hydrogens is 265 g/mol. The Balaban J connectivity index is 2.87. The van der Waals surface area contributed by atoms with Gasteiger partial charge in [0.1, 0.15) is 5.82 Å². The Kier molecular flexibility index (Phi) is 4.63. The van der Waals surface area contributed by atoms with Gasteiger partial charge in [0.25, 0.3) is 5.91 Å². The van der Waals surface area contributed by atoms with Crippen molar-refractivity contribution >= 4 is 23.5 Å². The van der Waals surface area contributed by atoms with Gasteiger partial charge in [0.2, 0.25) is 0 Å². The van der Waals surface area contributed by atoms with E-state index in [1.165, 1.54) is 19.1 Å². The average Bonchev–Trinajstić information content (AvgIpc) is 2.28. The molecule has 0 saturated carbocycles. The van der Waals surface area contributed by atoms with Crippen molar-refractivity contribution in [2.45, 2.75) is 19.1 Å². The second-order valence-corrected chi connectivity index (χ2v) is 4.07. The number of hydrogen-bond acceptors (Lipinski definition) is 3. The van der Waals surface area contributed by atoms with Crippen LogP contribution in [0.1, 0.15) is 17.3 Å². The number of aliphatic hydroxyl groups is 1. The third-order valence-electron chi connectivity index (χ3n) is 2.22. The second-order valence-electron chi connectivity index (χ2n) is 3.66. The summed E-state index contributed by atoms with van der Waals surface area (Å²) in [5, 5.41) is 19.9. The van der Waals surface area contributed by atoms with Gasteiger partial charge in [-0.2, -0.15) is 0 Å². The van der Waals surface area contributed by atoms with E-state index in [0.717, 1.165) is 6.07 Å². The van der Waals surface area contributed by atoms with Crippen LogP contribution in [-0.2, 0) is 4.79 Å². The first-order valence-electron chi connectivity index (χ1n) is 4.99. The summed E-state index contributed by atoms with van der Waals surface area (Å²) in [7, 11) is 0. The smallest absolute Gasteiger partial charge is 0.328 e. The Labute approximate surface area is 107 Å². The van der Waals surface area contributed by atoms with Gasteiger partial charge < -0.3 is 15.5 Å². The van der Waals surface area contributed by atoms with E-state index in [0.29, 0.717) is 0 Å². The molecule has 0 aromatic heterocycles. The lowest BCUT2D eigenvalue weighted by Gasteiger charge is -2.17. The fraction of sp³-hybridized carbons (Fsp3) is 0.273. The molecule has 1 aromatic rings. The van der Waals surface area contributed by atoms with E-state index in [-0.39, 0.29) is 10.6 Å². The van der Waals surface area contributed by atoms with Gasteiger partial charge in [-0.15, -0.1) is 0 Å². The van der Waals surface area contributed by atoms with Gasteiger partial charge in [0, 0.05) is 5.56 Å². The molecule has 1 aromatic carbocycles. The number of benzene rings is 1. The lowest BCUT2D eigenvalue weighted by Crippen LogP contribution is -2.47. The molecule has 0 radical (unpaired) electrons. The van der Waals surface area contributed by atoms with Crippen molar-refractivity contribution in [3.63, 3.8) is 0 Å². The summed E-state index contributed by atoms with van der Waals surface area (Å²) < 4.78 is 13.1. The molecule has 3 N–H and O–H groups in total. The van der Waals surface area contributed by atoms with Gasteiger partial charge >= 0.3 is 5.97 Å². The fourth-order valence-corrected chi connectivity index (χ4v) is 1.37. The number of halogens is 2. The summed E-state index contributed by atoms with van der Waals surface area (Å²) in [6.45, 7) is 1.22. The number of hydrogen-bond donors (Lipinski definition) is 3. The van der Waals surface area contributed by atoms with Crippen LogP contribution in [0.4, 0.5) is 4.39 Å². The molecule has 2 atom stereocenters. The highest BCUT2D eigenvalue weighted by Gasteiger charge is 2.25. The van der Waals surface area contributed by atoms with Crippen LogP contribution in [0.25, 0.3) is 0 Å². The van der Waals surface area contributed by atoms with Crippen LogP contribution in [0.15, 0.2) is 18.2 Å². The van der Waals surface area contributed by atoms with Crippen LogP contribution in [0.2, 0.25) is 5.02 Å². The van der Waals surface area contributed by atoms with Crippen molar-refractivity contribution in [3.05, 3.63) is 34.6 Å². The SMILES string of the molecule is CC(O)C(NC(=O)c1ccc(Cl)c(F)c1)C(=O)O. The van der Waals surface area contributed by atoms with Gasteiger partial charge in [-0.3, -0.25) is 4.79 Å². The first-order chi connectivity index (χ1) is 8.32. The number of carbonyl (C=O) groups is 2. The van der Waals surface area contributed by atoms with E-state index in [4.69, 9.17) is 16.7 Å². The van der Waals surface area contributed by atoms with Crippen molar-refractivity contribution in [3.8, 4) is 0 Å². The molecule has 0 aliphatic carbocycles. The Morgan fingerprint density at radius 2 is 2.06 bits per heavy atom. The first kappa shape index (κ1) is 14.4. The summed E-state index contributed by atoms with van der Waals surface area (Å²) in [6.07, 6.45) is -1.27. The summed E-state index contributed by atoms with van der Waals surface area (Å²) >= 11 is 5.45. The molecule has 1 amide bonds. The van der Waals surface area contributed by atoms with E-state index in [1.807, 2.05) is 0 Å². The summed E-state index contributed by atoms with van der Waals surface area (Å²) in [4.78, 5) is 22.4. The molecule has 1 rings (SSSR count). The zero-order valence-corrected chi connectivity index (χ0v) is 10.1. The van der Waals surface area contributed by atoms with Crippen LogP contribution in [0, 0.1) is 5.82 Å². The molecule has 0 spiro atoms. The molecule has 0 aliphatic rings. The van der Waals surface area contributed by atoms with Gasteiger partial charge in [-0.05, 0) is 25.1 Å². The maximum Gasteiger partial charge on any atom is 0.328 e. The predicted molar refractivity (Wildman–Crippen MR) is 62.0 cm³/mol. The maximum absolute atomic E-state index is 13.1.